The lowest BCUT2D eigenvalue weighted by Crippen LogP contribution is -1.94. The van der Waals surface area contributed by atoms with E-state index in [1.165, 1.54) is 10.4 Å². The van der Waals surface area contributed by atoms with Crippen LogP contribution < -0.4 is 5.73 Å². The van der Waals surface area contributed by atoms with Gasteiger partial charge in [0.05, 0.1) is 5.39 Å². The van der Waals surface area contributed by atoms with E-state index in [-0.39, 0.29) is 5.28 Å². The number of benzene rings is 1. The molecule has 0 fully saturated rings. The van der Waals surface area contributed by atoms with Gasteiger partial charge in [-0.1, -0.05) is 31.2 Å². The SMILES string of the molecule is CCc1ccc(-c2c(C)sc3nc(Cl)nc(N)c23)cc1. The van der Waals surface area contributed by atoms with Crippen LogP contribution in [0.1, 0.15) is 17.4 Å². The smallest absolute Gasteiger partial charge is 0.225 e. The van der Waals surface area contributed by atoms with Crippen LogP contribution >= 0.6 is 22.9 Å². The first-order valence-corrected chi connectivity index (χ1v) is 7.61. The highest BCUT2D eigenvalue weighted by molar-refractivity contribution is 7.19. The van der Waals surface area contributed by atoms with Gasteiger partial charge < -0.3 is 5.73 Å². The number of anilines is 1. The van der Waals surface area contributed by atoms with Crippen LogP contribution in [0.25, 0.3) is 21.3 Å². The first-order chi connectivity index (χ1) is 9.60. The second-order valence-electron chi connectivity index (χ2n) is 4.64. The number of rotatable bonds is 2. The van der Waals surface area contributed by atoms with Crippen LogP contribution in [-0.4, -0.2) is 9.97 Å². The van der Waals surface area contributed by atoms with Gasteiger partial charge in [-0.15, -0.1) is 11.3 Å². The summed E-state index contributed by atoms with van der Waals surface area (Å²) in [5, 5.41) is 1.10. The van der Waals surface area contributed by atoms with Gasteiger partial charge in [-0.3, -0.25) is 0 Å². The molecule has 2 heterocycles. The van der Waals surface area contributed by atoms with Crippen LogP contribution in [0.3, 0.4) is 0 Å². The molecule has 0 saturated heterocycles. The van der Waals surface area contributed by atoms with E-state index in [4.69, 9.17) is 17.3 Å². The third-order valence-corrected chi connectivity index (χ3v) is 4.55. The number of halogens is 1. The average molecular weight is 304 g/mol. The van der Waals surface area contributed by atoms with Crippen LogP contribution in [-0.2, 0) is 6.42 Å². The van der Waals surface area contributed by atoms with Gasteiger partial charge in [0, 0.05) is 10.4 Å². The van der Waals surface area contributed by atoms with Crippen LogP contribution in [0.4, 0.5) is 5.82 Å². The first-order valence-electron chi connectivity index (χ1n) is 6.41. The predicted octanol–water partition coefficient (Wildman–Crippen LogP) is 4.46. The van der Waals surface area contributed by atoms with Gasteiger partial charge in [0.2, 0.25) is 5.28 Å². The maximum atomic E-state index is 6.04. The lowest BCUT2D eigenvalue weighted by molar-refractivity contribution is 1.14. The van der Waals surface area contributed by atoms with E-state index in [0.29, 0.717) is 5.82 Å². The molecule has 0 aliphatic rings. The van der Waals surface area contributed by atoms with Gasteiger partial charge in [-0.05, 0) is 36.1 Å². The summed E-state index contributed by atoms with van der Waals surface area (Å²) in [6.45, 7) is 4.22. The number of hydrogen-bond donors (Lipinski definition) is 1. The largest absolute Gasteiger partial charge is 0.383 e. The molecule has 3 rings (SSSR count). The molecule has 0 unspecified atom stereocenters. The lowest BCUT2D eigenvalue weighted by atomic mass is 10.0. The summed E-state index contributed by atoms with van der Waals surface area (Å²) in [5.74, 6) is 0.443. The van der Waals surface area contributed by atoms with Crippen molar-refractivity contribution in [3.63, 3.8) is 0 Å². The fourth-order valence-electron chi connectivity index (χ4n) is 2.37. The summed E-state index contributed by atoms with van der Waals surface area (Å²) in [5.41, 5.74) is 9.61. The van der Waals surface area contributed by atoms with Gasteiger partial charge in [-0.2, -0.15) is 0 Å². The molecular formula is C15H14ClN3S. The third kappa shape index (κ3) is 2.15. The van der Waals surface area contributed by atoms with E-state index >= 15 is 0 Å². The summed E-state index contributed by atoms with van der Waals surface area (Å²) in [6, 6.07) is 8.54. The number of nitrogen functional groups attached to an aromatic ring is 1. The second kappa shape index (κ2) is 5.04. The standard InChI is InChI=1S/C15H14ClN3S/c1-3-9-4-6-10(7-5-9)11-8(2)20-14-12(11)13(17)18-15(16)19-14/h4-7H,3H2,1-2H3,(H2,17,18,19). The Morgan fingerprint density at radius 2 is 1.90 bits per heavy atom. The molecule has 2 aromatic heterocycles. The van der Waals surface area contributed by atoms with Crippen molar-refractivity contribution in [1.29, 1.82) is 0 Å². The number of hydrogen-bond acceptors (Lipinski definition) is 4. The maximum absolute atomic E-state index is 6.04. The van der Waals surface area contributed by atoms with E-state index in [2.05, 4.69) is 48.1 Å². The van der Waals surface area contributed by atoms with Crippen molar-refractivity contribution in [2.75, 3.05) is 5.73 Å². The second-order valence-corrected chi connectivity index (χ2v) is 6.18. The maximum Gasteiger partial charge on any atom is 0.225 e. The van der Waals surface area contributed by atoms with E-state index < -0.39 is 0 Å². The molecule has 2 N–H and O–H groups in total. The molecule has 0 aliphatic carbocycles. The molecule has 0 amide bonds. The number of nitrogens with zero attached hydrogens (tertiary/aromatic N) is 2. The minimum atomic E-state index is 0.198. The Balaban J connectivity index is 2.26. The molecule has 20 heavy (non-hydrogen) atoms. The summed E-state index contributed by atoms with van der Waals surface area (Å²) in [6.07, 6.45) is 1.03. The Morgan fingerprint density at radius 1 is 1.20 bits per heavy atom. The number of nitrogens with two attached hydrogens (primary N) is 1. The third-order valence-electron chi connectivity index (χ3n) is 3.38. The van der Waals surface area contributed by atoms with Gasteiger partial charge in [0.15, 0.2) is 0 Å². The van der Waals surface area contributed by atoms with E-state index in [9.17, 15) is 0 Å². The van der Waals surface area contributed by atoms with Gasteiger partial charge in [-0.25, -0.2) is 9.97 Å². The molecule has 3 aromatic rings. The predicted molar refractivity (Wildman–Crippen MR) is 86.4 cm³/mol. The van der Waals surface area contributed by atoms with Crippen LogP contribution in [0.2, 0.25) is 5.28 Å². The molecule has 1 aromatic carbocycles. The van der Waals surface area contributed by atoms with E-state index in [1.807, 2.05) is 0 Å². The zero-order chi connectivity index (χ0) is 14.3. The highest BCUT2D eigenvalue weighted by atomic mass is 35.5. The van der Waals surface area contributed by atoms with Gasteiger partial charge >= 0.3 is 0 Å². The molecule has 0 bridgehead atoms. The van der Waals surface area contributed by atoms with Gasteiger partial charge in [0.25, 0.3) is 0 Å². The van der Waals surface area contributed by atoms with Crippen molar-refractivity contribution in [2.45, 2.75) is 20.3 Å². The Labute approximate surface area is 126 Å². The summed E-state index contributed by atoms with van der Waals surface area (Å²) < 4.78 is 0. The molecule has 102 valence electrons. The molecule has 0 saturated carbocycles. The van der Waals surface area contributed by atoms with E-state index in [1.54, 1.807) is 11.3 Å². The van der Waals surface area contributed by atoms with Crippen LogP contribution in [0.15, 0.2) is 24.3 Å². The highest BCUT2D eigenvalue weighted by Gasteiger charge is 2.16. The number of thiophene rings is 1. The molecule has 3 nitrogen and oxygen atoms in total. The van der Waals surface area contributed by atoms with Gasteiger partial charge in [0.1, 0.15) is 10.6 Å². The zero-order valence-corrected chi connectivity index (χ0v) is 12.8. The fourth-order valence-corrected chi connectivity index (χ4v) is 3.64. The van der Waals surface area contributed by atoms with Crippen LogP contribution in [0.5, 0.6) is 0 Å². The highest BCUT2D eigenvalue weighted by Crippen LogP contribution is 2.40. The molecule has 0 spiro atoms. The van der Waals surface area contributed by atoms with Crippen molar-refractivity contribution in [1.82, 2.24) is 9.97 Å². The molecule has 0 radical (unpaired) electrons. The van der Waals surface area contributed by atoms with Crippen molar-refractivity contribution in [2.24, 2.45) is 0 Å². The monoisotopic (exact) mass is 303 g/mol. The topological polar surface area (TPSA) is 51.8 Å². The first kappa shape index (κ1) is 13.3. The van der Waals surface area contributed by atoms with E-state index in [0.717, 1.165) is 27.8 Å². The van der Waals surface area contributed by atoms with Crippen molar-refractivity contribution in [3.05, 3.63) is 40.0 Å². The molecule has 5 heteroatoms. The lowest BCUT2D eigenvalue weighted by Gasteiger charge is -2.05. The molecular weight excluding hydrogens is 290 g/mol. The summed E-state index contributed by atoms with van der Waals surface area (Å²) >= 11 is 7.47. The average Bonchev–Trinajstić information content (AvgIpc) is 2.75. The Kier molecular flexibility index (Phi) is 3.36. The van der Waals surface area contributed by atoms with Crippen molar-refractivity contribution < 1.29 is 0 Å². The van der Waals surface area contributed by atoms with Crippen molar-refractivity contribution in [3.8, 4) is 11.1 Å². The molecule has 0 atom stereocenters. The molecule has 0 aliphatic heterocycles. The number of fused-ring (bicyclic) bond motifs is 1. The minimum Gasteiger partial charge on any atom is -0.383 e. The van der Waals surface area contributed by atoms with Crippen molar-refractivity contribution >= 4 is 39.0 Å². The quantitative estimate of drug-likeness (QED) is 0.711. The summed E-state index contributed by atoms with van der Waals surface area (Å²) in [7, 11) is 0. The fraction of sp³-hybridized carbons (Fsp3) is 0.200. The Morgan fingerprint density at radius 3 is 2.55 bits per heavy atom. The number of aromatic nitrogens is 2. The number of aryl methyl sites for hydroxylation is 2. The summed E-state index contributed by atoms with van der Waals surface area (Å²) in [4.78, 5) is 10.4. The minimum absolute atomic E-state index is 0.198. The van der Waals surface area contributed by atoms with Crippen LogP contribution in [0, 0.1) is 6.92 Å². The Hall–Kier alpha value is -1.65. The zero-order valence-electron chi connectivity index (χ0n) is 11.3. The normalized spacial score (nSPS) is 11.2. The Bertz CT molecular complexity index is 778.